The first-order valence-corrected chi connectivity index (χ1v) is 5.63. The summed E-state index contributed by atoms with van der Waals surface area (Å²) in [6, 6.07) is 0.454. The van der Waals surface area contributed by atoms with Gasteiger partial charge in [0.1, 0.15) is 6.54 Å². The molecule has 1 fully saturated rings. The van der Waals surface area contributed by atoms with Crippen LogP contribution >= 0.6 is 0 Å². The highest BCUT2D eigenvalue weighted by molar-refractivity contribution is 5.76. The first kappa shape index (κ1) is 11.1. The van der Waals surface area contributed by atoms with Crippen molar-refractivity contribution < 1.29 is 4.79 Å². The van der Waals surface area contributed by atoms with E-state index in [4.69, 9.17) is 5.73 Å². The molecule has 1 heterocycles. The molecule has 16 heavy (non-hydrogen) atoms. The summed E-state index contributed by atoms with van der Waals surface area (Å²) in [5, 5.41) is 7.71. The summed E-state index contributed by atoms with van der Waals surface area (Å²) < 4.78 is 1.55. The molecule has 2 rings (SSSR count). The fraction of sp³-hybridized carbons (Fsp3) is 0.700. The molecule has 0 radical (unpaired) electrons. The number of rotatable bonds is 5. The smallest absolute Gasteiger partial charge is 0.244 e. The van der Waals surface area contributed by atoms with Crippen LogP contribution in [0.3, 0.4) is 0 Å². The summed E-state index contributed by atoms with van der Waals surface area (Å²) in [5.41, 5.74) is 6.14. The van der Waals surface area contributed by atoms with Crippen molar-refractivity contribution in [2.75, 3.05) is 6.54 Å². The minimum atomic E-state index is 0.110. The molecule has 1 aromatic rings. The van der Waals surface area contributed by atoms with E-state index in [1.54, 1.807) is 10.9 Å². The molecule has 2 N–H and O–H groups in total. The van der Waals surface area contributed by atoms with Gasteiger partial charge >= 0.3 is 0 Å². The number of carbonyl (C=O) groups excluding carboxylic acids is 1. The monoisotopic (exact) mass is 223 g/mol. The molecule has 0 spiro atoms. The second-order valence-corrected chi connectivity index (χ2v) is 4.02. The lowest BCUT2D eigenvalue weighted by atomic mass is 10.4. The van der Waals surface area contributed by atoms with E-state index >= 15 is 0 Å². The van der Waals surface area contributed by atoms with Crippen molar-refractivity contribution in [2.45, 2.75) is 38.9 Å². The van der Waals surface area contributed by atoms with Gasteiger partial charge in [-0.25, -0.2) is 4.68 Å². The van der Waals surface area contributed by atoms with E-state index in [-0.39, 0.29) is 12.5 Å². The third kappa shape index (κ3) is 2.38. The van der Waals surface area contributed by atoms with E-state index < -0.39 is 0 Å². The summed E-state index contributed by atoms with van der Waals surface area (Å²) in [5.74, 6) is 0.110. The quantitative estimate of drug-likeness (QED) is 0.746. The lowest BCUT2D eigenvalue weighted by Gasteiger charge is -2.19. The number of amides is 1. The third-order valence-corrected chi connectivity index (χ3v) is 2.74. The summed E-state index contributed by atoms with van der Waals surface area (Å²) in [4.78, 5) is 13.8. The lowest BCUT2D eigenvalue weighted by Crippen LogP contribution is -2.35. The van der Waals surface area contributed by atoms with Gasteiger partial charge in [-0.2, -0.15) is 0 Å². The zero-order chi connectivity index (χ0) is 11.5. The number of nitrogens with zero attached hydrogens (tertiary/aromatic N) is 4. The second kappa shape index (κ2) is 4.61. The number of nitrogens with two attached hydrogens (primary N) is 1. The molecule has 88 valence electrons. The van der Waals surface area contributed by atoms with Gasteiger partial charge in [0.05, 0.1) is 11.9 Å². The molecule has 6 heteroatoms. The largest absolute Gasteiger partial charge is 0.338 e. The van der Waals surface area contributed by atoms with Crippen LogP contribution in [0.25, 0.3) is 0 Å². The Morgan fingerprint density at radius 1 is 1.69 bits per heavy atom. The van der Waals surface area contributed by atoms with Crippen molar-refractivity contribution in [1.29, 1.82) is 0 Å². The van der Waals surface area contributed by atoms with Crippen LogP contribution < -0.4 is 5.73 Å². The summed E-state index contributed by atoms with van der Waals surface area (Å²) >= 11 is 0. The Morgan fingerprint density at radius 3 is 2.94 bits per heavy atom. The van der Waals surface area contributed by atoms with Gasteiger partial charge in [-0.3, -0.25) is 4.79 Å². The van der Waals surface area contributed by atoms with E-state index in [0.29, 0.717) is 18.3 Å². The Bertz CT molecular complexity index is 371. The summed E-state index contributed by atoms with van der Waals surface area (Å²) in [7, 11) is 0. The molecule has 0 atom stereocenters. The Hall–Kier alpha value is -1.43. The van der Waals surface area contributed by atoms with Crippen LogP contribution in [0.1, 0.15) is 25.5 Å². The first-order valence-electron chi connectivity index (χ1n) is 5.63. The highest BCUT2D eigenvalue weighted by Crippen LogP contribution is 2.26. The van der Waals surface area contributed by atoms with Gasteiger partial charge in [0.25, 0.3) is 0 Å². The highest BCUT2D eigenvalue weighted by atomic mass is 16.2. The van der Waals surface area contributed by atoms with E-state index in [1.165, 1.54) is 0 Å². The zero-order valence-electron chi connectivity index (χ0n) is 9.46. The van der Waals surface area contributed by atoms with Gasteiger partial charge in [-0.1, -0.05) is 5.21 Å². The Labute approximate surface area is 94.4 Å². The molecule has 6 nitrogen and oxygen atoms in total. The van der Waals surface area contributed by atoms with Gasteiger partial charge < -0.3 is 10.6 Å². The van der Waals surface area contributed by atoms with Crippen LogP contribution in [-0.4, -0.2) is 38.4 Å². The van der Waals surface area contributed by atoms with Gasteiger partial charge in [0.2, 0.25) is 5.91 Å². The van der Waals surface area contributed by atoms with Crippen LogP contribution in [0, 0.1) is 0 Å². The fourth-order valence-corrected chi connectivity index (χ4v) is 1.76. The predicted octanol–water partition coefficient (Wildman–Crippen LogP) is -0.252. The normalized spacial score (nSPS) is 15.1. The van der Waals surface area contributed by atoms with Gasteiger partial charge in [-0.05, 0) is 19.8 Å². The number of likely N-dealkylation sites (N-methyl/N-ethyl adjacent to an activating group) is 1. The highest BCUT2D eigenvalue weighted by Gasteiger charge is 2.31. The second-order valence-electron chi connectivity index (χ2n) is 4.02. The molecule has 0 unspecified atom stereocenters. The number of hydrogen-bond acceptors (Lipinski definition) is 4. The van der Waals surface area contributed by atoms with Crippen molar-refractivity contribution >= 4 is 5.91 Å². The van der Waals surface area contributed by atoms with E-state index in [0.717, 1.165) is 19.4 Å². The van der Waals surface area contributed by atoms with Crippen LogP contribution in [0.4, 0.5) is 0 Å². The molecule has 1 aromatic heterocycles. The van der Waals surface area contributed by atoms with E-state index in [9.17, 15) is 4.79 Å². The van der Waals surface area contributed by atoms with Crippen LogP contribution in [0.2, 0.25) is 0 Å². The van der Waals surface area contributed by atoms with E-state index in [2.05, 4.69) is 10.3 Å². The molecule has 1 saturated carbocycles. The number of hydrogen-bond donors (Lipinski definition) is 1. The molecule has 1 amide bonds. The molecular weight excluding hydrogens is 206 g/mol. The molecule has 1 aliphatic carbocycles. The maximum absolute atomic E-state index is 11.9. The van der Waals surface area contributed by atoms with Crippen molar-refractivity contribution in [3.8, 4) is 0 Å². The average Bonchev–Trinajstić information content (AvgIpc) is 2.99. The first-order chi connectivity index (χ1) is 7.74. The minimum absolute atomic E-state index is 0.110. The Kier molecular flexibility index (Phi) is 3.19. The molecule has 0 aliphatic heterocycles. The van der Waals surface area contributed by atoms with Gasteiger partial charge in [-0.15, -0.1) is 5.10 Å². The van der Waals surface area contributed by atoms with Gasteiger partial charge in [0.15, 0.2) is 0 Å². The summed E-state index contributed by atoms with van der Waals surface area (Å²) in [6.45, 7) is 3.39. The predicted molar refractivity (Wildman–Crippen MR) is 58.3 cm³/mol. The maximum Gasteiger partial charge on any atom is 0.244 e. The SMILES string of the molecule is CCN(C(=O)Cn1cc(CN)nn1)C1CC1. The minimum Gasteiger partial charge on any atom is -0.338 e. The zero-order valence-corrected chi connectivity index (χ0v) is 9.46. The van der Waals surface area contributed by atoms with Crippen LogP contribution in [0.15, 0.2) is 6.20 Å². The number of carbonyl (C=O) groups is 1. The van der Waals surface area contributed by atoms with E-state index in [1.807, 2.05) is 11.8 Å². The molecule has 0 aromatic carbocycles. The topological polar surface area (TPSA) is 77.0 Å². The molecule has 1 aliphatic rings. The fourth-order valence-electron chi connectivity index (χ4n) is 1.76. The van der Waals surface area contributed by atoms with Crippen molar-refractivity contribution in [2.24, 2.45) is 5.73 Å². The molecule has 0 bridgehead atoms. The van der Waals surface area contributed by atoms with Crippen LogP contribution in [0.5, 0.6) is 0 Å². The van der Waals surface area contributed by atoms with Crippen molar-refractivity contribution in [1.82, 2.24) is 19.9 Å². The Morgan fingerprint density at radius 2 is 2.44 bits per heavy atom. The molecule has 0 saturated heterocycles. The van der Waals surface area contributed by atoms with Gasteiger partial charge in [0, 0.05) is 19.1 Å². The Balaban J connectivity index is 1.94. The lowest BCUT2D eigenvalue weighted by molar-refractivity contribution is -0.132. The third-order valence-electron chi connectivity index (χ3n) is 2.74. The van der Waals surface area contributed by atoms with Crippen molar-refractivity contribution in [3.05, 3.63) is 11.9 Å². The standard InChI is InChI=1S/C10H17N5O/c1-2-15(9-3-4-9)10(16)7-14-6-8(5-11)12-13-14/h6,9H,2-5,7,11H2,1H3. The average molecular weight is 223 g/mol. The number of aromatic nitrogens is 3. The van der Waals surface area contributed by atoms with Crippen LogP contribution in [-0.2, 0) is 17.9 Å². The maximum atomic E-state index is 11.9. The molecular formula is C10H17N5O. The summed E-state index contributed by atoms with van der Waals surface area (Å²) in [6.07, 6.45) is 3.98. The van der Waals surface area contributed by atoms with Crippen molar-refractivity contribution in [3.63, 3.8) is 0 Å².